The number of amides is 1. The predicted octanol–water partition coefficient (Wildman–Crippen LogP) is 2.77. The summed E-state index contributed by atoms with van der Waals surface area (Å²) in [5.74, 6) is 2.39. The van der Waals surface area contributed by atoms with E-state index < -0.39 is 5.91 Å². The minimum absolute atomic E-state index is 0.0686. The summed E-state index contributed by atoms with van der Waals surface area (Å²) in [5.41, 5.74) is 7.75. The second kappa shape index (κ2) is 5.06. The van der Waals surface area contributed by atoms with E-state index in [2.05, 4.69) is 9.88 Å². The number of carbonyl (C=O) groups excluding carboxylic acids is 1. The third-order valence-electron chi connectivity index (χ3n) is 5.90. The van der Waals surface area contributed by atoms with Gasteiger partial charge < -0.3 is 10.7 Å². The summed E-state index contributed by atoms with van der Waals surface area (Å²) < 4.78 is 0. The van der Waals surface area contributed by atoms with Crippen molar-refractivity contribution < 1.29 is 4.79 Å². The highest BCUT2D eigenvalue weighted by Gasteiger charge is 2.53. The molecule has 5 rings (SSSR count). The quantitative estimate of drug-likeness (QED) is 0.822. The molecule has 0 radical (unpaired) electrons. The summed E-state index contributed by atoms with van der Waals surface area (Å²) >= 11 is 0. The SMILES string of the molecule is NC(=O)c1cccc2[nH]c(C3(N(CC4CC4)CC4CC4)CC3)nc12. The van der Waals surface area contributed by atoms with Gasteiger partial charge in [0.2, 0.25) is 0 Å². The van der Waals surface area contributed by atoms with Gasteiger partial charge in [0, 0.05) is 13.1 Å². The van der Waals surface area contributed by atoms with Crippen LogP contribution in [0.15, 0.2) is 18.2 Å². The zero-order valence-electron chi connectivity index (χ0n) is 13.9. The first-order valence-electron chi connectivity index (χ1n) is 9.20. The molecule has 0 bridgehead atoms. The number of nitrogens with one attached hydrogen (secondary N) is 1. The third kappa shape index (κ3) is 2.42. The van der Waals surface area contributed by atoms with Crippen LogP contribution in [0.2, 0.25) is 0 Å². The van der Waals surface area contributed by atoms with Gasteiger partial charge in [0.1, 0.15) is 11.3 Å². The summed E-state index contributed by atoms with van der Waals surface area (Å²) in [7, 11) is 0. The van der Waals surface area contributed by atoms with E-state index in [1.54, 1.807) is 6.07 Å². The van der Waals surface area contributed by atoms with Crippen molar-refractivity contribution in [1.29, 1.82) is 0 Å². The molecule has 1 aromatic carbocycles. The summed E-state index contributed by atoms with van der Waals surface area (Å²) in [5, 5.41) is 0. The van der Waals surface area contributed by atoms with Gasteiger partial charge in [-0.15, -0.1) is 0 Å². The normalized spacial score (nSPS) is 22.2. The molecule has 3 N–H and O–H groups in total. The van der Waals surface area contributed by atoms with E-state index in [1.807, 2.05) is 12.1 Å². The van der Waals surface area contributed by atoms with E-state index in [1.165, 1.54) is 38.8 Å². The Labute approximate surface area is 141 Å². The van der Waals surface area contributed by atoms with E-state index >= 15 is 0 Å². The molecule has 24 heavy (non-hydrogen) atoms. The number of primary amides is 1. The highest BCUT2D eigenvalue weighted by molar-refractivity contribution is 6.04. The molecule has 3 aliphatic rings. The Morgan fingerprint density at radius 1 is 1.21 bits per heavy atom. The number of H-pyrrole nitrogens is 1. The molecule has 0 aliphatic heterocycles. The van der Waals surface area contributed by atoms with Gasteiger partial charge in [-0.05, 0) is 62.5 Å². The number of benzene rings is 1. The lowest BCUT2D eigenvalue weighted by Gasteiger charge is -2.31. The third-order valence-corrected chi connectivity index (χ3v) is 5.90. The number of hydrogen-bond acceptors (Lipinski definition) is 3. The van der Waals surface area contributed by atoms with Crippen molar-refractivity contribution in [3.05, 3.63) is 29.6 Å². The van der Waals surface area contributed by atoms with Gasteiger partial charge >= 0.3 is 0 Å². The second-order valence-electron chi connectivity index (χ2n) is 7.97. The maximum atomic E-state index is 11.7. The van der Waals surface area contributed by atoms with Crippen molar-refractivity contribution in [3.8, 4) is 0 Å². The van der Waals surface area contributed by atoms with E-state index in [0.717, 1.165) is 41.5 Å². The van der Waals surface area contributed by atoms with Crippen LogP contribution in [0.5, 0.6) is 0 Å². The molecule has 2 aromatic rings. The number of imidazole rings is 1. The van der Waals surface area contributed by atoms with Crippen LogP contribution in [0.25, 0.3) is 11.0 Å². The Balaban J connectivity index is 1.52. The number of aromatic amines is 1. The monoisotopic (exact) mass is 324 g/mol. The predicted molar refractivity (Wildman–Crippen MR) is 92.5 cm³/mol. The maximum absolute atomic E-state index is 11.7. The van der Waals surface area contributed by atoms with E-state index in [0.29, 0.717) is 5.56 Å². The van der Waals surface area contributed by atoms with E-state index in [4.69, 9.17) is 10.7 Å². The Bertz CT molecular complexity index is 785. The van der Waals surface area contributed by atoms with Gasteiger partial charge in [-0.3, -0.25) is 9.69 Å². The summed E-state index contributed by atoms with van der Waals surface area (Å²) in [4.78, 5) is 22.7. The van der Waals surface area contributed by atoms with Crippen molar-refractivity contribution in [2.45, 2.75) is 44.1 Å². The molecule has 3 aliphatic carbocycles. The average molecular weight is 324 g/mol. The minimum Gasteiger partial charge on any atom is -0.366 e. The van der Waals surface area contributed by atoms with Gasteiger partial charge in [0.15, 0.2) is 0 Å². The molecule has 126 valence electrons. The van der Waals surface area contributed by atoms with E-state index in [9.17, 15) is 4.79 Å². The van der Waals surface area contributed by atoms with E-state index in [-0.39, 0.29) is 5.54 Å². The largest absolute Gasteiger partial charge is 0.366 e. The molecule has 3 saturated carbocycles. The van der Waals surface area contributed by atoms with Crippen molar-refractivity contribution in [3.63, 3.8) is 0 Å². The molecule has 0 spiro atoms. The molecule has 1 heterocycles. The Morgan fingerprint density at radius 3 is 2.42 bits per heavy atom. The molecular weight excluding hydrogens is 300 g/mol. The lowest BCUT2D eigenvalue weighted by molar-refractivity contribution is 0.100. The molecule has 1 amide bonds. The summed E-state index contributed by atoms with van der Waals surface area (Å²) in [6.45, 7) is 2.41. The Kier molecular flexibility index (Phi) is 3.05. The highest BCUT2D eigenvalue weighted by atomic mass is 16.1. The van der Waals surface area contributed by atoms with Crippen molar-refractivity contribution in [2.24, 2.45) is 17.6 Å². The minimum atomic E-state index is -0.406. The van der Waals surface area contributed by atoms with Crippen molar-refractivity contribution >= 4 is 16.9 Å². The highest BCUT2D eigenvalue weighted by Crippen LogP contribution is 2.53. The molecule has 5 nitrogen and oxygen atoms in total. The maximum Gasteiger partial charge on any atom is 0.250 e. The lowest BCUT2D eigenvalue weighted by Crippen LogP contribution is -2.39. The first-order chi connectivity index (χ1) is 11.7. The number of nitrogens with two attached hydrogens (primary N) is 1. The fraction of sp³-hybridized carbons (Fsp3) is 0.579. The van der Waals surface area contributed by atoms with Crippen LogP contribution < -0.4 is 5.73 Å². The van der Waals surface area contributed by atoms with Crippen LogP contribution in [0.4, 0.5) is 0 Å². The number of aromatic nitrogens is 2. The van der Waals surface area contributed by atoms with Crippen LogP contribution in [-0.2, 0) is 5.54 Å². The molecule has 3 fully saturated rings. The Morgan fingerprint density at radius 2 is 1.88 bits per heavy atom. The number of carbonyl (C=O) groups is 1. The fourth-order valence-electron chi connectivity index (χ4n) is 3.92. The van der Waals surface area contributed by atoms with Gasteiger partial charge in [-0.1, -0.05) is 6.07 Å². The second-order valence-corrected chi connectivity index (χ2v) is 7.97. The first-order valence-corrected chi connectivity index (χ1v) is 9.20. The molecule has 1 aromatic heterocycles. The smallest absolute Gasteiger partial charge is 0.250 e. The number of fused-ring (bicyclic) bond motifs is 1. The molecule has 0 atom stereocenters. The summed E-state index contributed by atoms with van der Waals surface area (Å²) in [6, 6.07) is 5.62. The molecule has 0 unspecified atom stereocenters. The Hall–Kier alpha value is -1.88. The number of hydrogen-bond donors (Lipinski definition) is 2. The van der Waals surface area contributed by atoms with Crippen LogP contribution in [0.3, 0.4) is 0 Å². The number of para-hydroxylation sites is 1. The van der Waals surface area contributed by atoms with Crippen molar-refractivity contribution in [2.75, 3.05) is 13.1 Å². The first kappa shape index (κ1) is 14.5. The molecule has 5 heteroatoms. The zero-order valence-corrected chi connectivity index (χ0v) is 13.9. The standard InChI is InChI=1S/C19H24N4O/c20-17(24)14-2-1-3-15-16(14)22-18(21-15)19(8-9-19)23(10-12-4-5-12)11-13-6-7-13/h1-3,12-13H,4-11H2,(H2,20,24)(H,21,22). The number of rotatable bonds is 7. The number of nitrogens with zero attached hydrogens (tertiary/aromatic N) is 2. The average Bonchev–Trinajstić information content (AvgIpc) is 3.40. The van der Waals surface area contributed by atoms with Crippen LogP contribution in [0, 0.1) is 11.8 Å². The zero-order chi connectivity index (χ0) is 16.3. The lowest BCUT2D eigenvalue weighted by atomic mass is 10.1. The van der Waals surface area contributed by atoms with Crippen molar-refractivity contribution in [1.82, 2.24) is 14.9 Å². The van der Waals surface area contributed by atoms with Gasteiger partial charge in [0.25, 0.3) is 5.91 Å². The molecule has 0 saturated heterocycles. The topological polar surface area (TPSA) is 75.0 Å². The van der Waals surface area contributed by atoms with Gasteiger partial charge in [-0.2, -0.15) is 0 Å². The van der Waals surface area contributed by atoms with Crippen LogP contribution in [-0.4, -0.2) is 33.9 Å². The molecular formula is C19H24N4O. The van der Waals surface area contributed by atoms with Crippen LogP contribution >= 0.6 is 0 Å². The van der Waals surface area contributed by atoms with Gasteiger partial charge in [0.05, 0.1) is 16.6 Å². The van der Waals surface area contributed by atoms with Crippen LogP contribution in [0.1, 0.15) is 54.7 Å². The fourth-order valence-corrected chi connectivity index (χ4v) is 3.92. The summed E-state index contributed by atoms with van der Waals surface area (Å²) in [6.07, 6.45) is 7.84. The van der Waals surface area contributed by atoms with Gasteiger partial charge in [-0.25, -0.2) is 4.98 Å².